The summed E-state index contributed by atoms with van der Waals surface area (Å²) in [4.78, 5) is 4.14. The molecule has 0 aliphatic rings. The number of aryl methyl sites for hydroxylation is 2. The second-order valence-electron chi connectivity index (χ2n) is 3.62. The van der Waals surface area contributed by atoms with E-state index in [-0.39, 0.29) is 11.1 Å². The number of halogens is 3. The molecule has 2 aromatic rings. The van der Waals surface area contributed by atoms with Gasteiger partial charge >= 0.3 is 0 Å². The van der Waals surface area contributed by atoms with E-state index in [9.17, 15) is 8.78 Å². The summed E-state index contributed by atoms with van der Waals surface area (Å²) >= 11 is 1.95. The highest BCUT2D eigenvalue weighted by Gasteiger charge is 2.17. The van der Waals surface area contributed by atoms with E-state index in [1.807, 2.05) is 28.1 Å². The van der Waals surface area contributed by atoms with Crippen molar-refractivity contribution in [3.63, 3.8) is 0 Å². The van der Waals surface area contributed by atoms with Gasteiger partial charge in [-0.2, -0.15) is 0 Å². The standard InChI is InChI=1S/C12H9F2IN2S/c1-3-17-7(2)16-12-10(17)6-9(13)8(11(12)14)4-5-18-15/h6H,3H2,1-2H3. The average Bonchev–Trinajstić information content (AvgIpc) is 2.65. The van der Waals surface area contributed by atoms with Crippen molar-refractivity contribution in [2.75, 3.05) is 0 Å². The van der Waals surface area contributed by atoms with E-state index < -0.39 is 11.6 Å². The van der Waals surface area contributed by atoms with E-state index in [1.165, 1.54) is 15.0 Å². The Hall–Kier alpha value is -0.810. The lowest BCUT2D eigenvalue weighted by Gasteiger charge is -2.03. The second kappa shape index (κ2) is 5.45. The highest BCUT2D eigenvalue weighted by Crippen LogP contribution is 2.24. The van der Waals surface area contributed by atoms with Crippen LogP contribution in [0.15, 0.2) is 6.07 Å². The normalized spacial score (nSPS) is 10.5. The minimum atomic E-state index is -0.682. The van der Waals surface area contributed by atoms with Gasteiger partial charge in [-0.25, -0.2) is 13.8 Å². The molecule has 0 N–H and O–H groups in total. The van der Waals surface area contributed by atoms with Crippen LogP contribution >= 0.6 is 30.1 Å². The summed E-state index contributed by atoms with van der Waals surface area (Å²) in [6.07, 6.45) is 0. The summed E-state index contributed by atoms with van der Waals surface area (Å²) < 4.78 is 29.8. The number of fused-ring (bicyclic) bond motifs is 1. The van der Waals surface area contributed by atoms with Crippen molar-refractivity contribution in [1.29, 1.82) is 0 Å². The molecule has 2 rings (SSSR count). The molecule has 1 aromatic carbocycles. The molecular formula is C12H9F2IN2S. The Morgan fingerprint density at radius 1 is 1.50 bits per heavy atom. The fourth-order valence-corrected chi connectivity index (χ4v) is 2.36. The molecule has 6 heteroatoms. The third-order valence-corrected chi connectivity index (χ3v) is 3.50. The molecule has 0 bridgehead atoms. The molecule has 0 radical (unpaired) electrons. The van der Waals surface area contributed by atoms with Crippen LogP contribution in [0.1, 0.15) is 18.3 Å². The summed E-state index contributed by atoms with van der Waals surface area (Å²) in [6.45, 7) is 4.30. The highest BCUT2D eigenvalue weighted by molar-refractivity contribution is 14.2. The molecule has 0 aliphatic carbocycles. The van der Waals surface area contributed by atoms with E-state index in [4.69, 9.17) is 0 Å². The predicted octanol–water partition coefficient (Wildman–Crippen LogP) is 4.04. The lowest BCUT2D eigenvalue weighted by Crippen LogP contribution is -1.98. The Balaban J connectivity index is 2.79. The molecule has 0 atom stereocenters. The van der Waals surface area contributed by atoms with Gasteiger partial charge in [-0.15, -0.1) is 0 Å². The molecule has 0 fully saturated rings. The maximum absolute atomic E-state index is 14.2. The average molecular weight is 378 g/mol. The smallest absolute Gasteiger partial charge is 0.169 e. The van der Waals surface area contributed by atoms with Gasteiger partial charge in [0.2, 0.25) is 0 Å². The molecule has 0 spiro atoms. The van der Waals surface area contributed by atoms with Gasteiger partial charge in [0.05, 0.1) is 11.1 Å². The van der Waals surface area contributed by atoms with Crippen molar-refractivity contribution in [1.82, 2.24) is 9.55 Å². The first-order valence-electron chi connectivity index (χ1n) is 5.23. The van der Waals surface area contributed by atoms with Crippen LogP contribution < -0.4 is 0 Å². The Morgan fingerprint density at radius 3 is 2.83 bits per heavy atom. The zero-order valence-corrected chi connectivity index (χ0v) is 12.7. The number of aromatic nitrogens is 2. The van der Waals surface area contributed by atoms with Gasteiger partial charge in [-0.3, -0.25) is 0 Å². The van der Waals surface area contributed by atoms with Crippen molar-refractivity contribution < 1.29 is 8.78 Å². The fourth-order valence-electron chi connectivity index (χ4n) is 1.89. The van der Waals surface area contributed by atoms with Crippen LogP contribution in [0.4, 0.5) is 8.78 Å². The number of nitrogens with zero attached hydrogens (tertiary/aromatic N) is 2. The van der Waals surface area contributed by atoms with E-state index in [2.05, 4.69) is 16.2 Å². The molecule has 0 unspecified atom stereocenters. The second-order valence-corrected chi connectivity index (χ2v) is 5.30. The number of benzene rings is 1. The molecule has 1 heterocycles. The van der Waals surface area contributed by atoms with Crippen LogP contribution in [0.2, 0.25) is 0 Å². The molecule has 1 aromatic heterocycles. The zero-order valence-electron chi connectivity index (χ0n) is 9.72. The Labute approximate surface area is 120 Å². The van der Waals surface area contributed by atoms with Crippen molar-refractivity contribution in [3.8, 4) is 11.2 Å². The maximum atomic E-state index is 14.2. The first kappa shape index (κ1) is 13.6. The lowest BCUT2D eigenvalue weighted by molar-refractivity contribution is 0.584. The van der Waals surface area contributed by atoms with Crippen molar-refractivity contribution in [3.05, 3.63) is 29.1 Å². The Kier molecular flexibility index (Phi) is 4.12. The summed E-state index contributed by atoms with van der Waals surface area (Å²) in [5.74, 6) is 1.81. The van der Waals surface area contributed by atoms with E-state index in [1.54, 1.807) is 11.5 Å². The Morgan fingerprint density at radius 2 is 2.22 bits per heavy atom. The molecule has 0 saturated heterocycles. The first-order valence-corrected chi connectivity index (χ1v) is 8.59. The number of hydrogen-bond acceptors (Lipinski definition) is 2. The van der Waals surface area contributed by atoms with E-state index >= 15 is 0 Å². The first-order chi connectivity index (χ1) is 8.60. The topological polar surface area (TPSA) is 17.8 Å². The molecule has 94 valence electrons. The third kappa shape index (κ3) is 2.21. The molecule has 0 saturated carbocycles. The van der Waals surface area contributed by atoms with Crippen molar-refractivity contribution >= 4 is 41.2 Å². The SMILES string of the molecule is CCn1c(C)nc2c(F)c(C#CSI)c(F)cc21. The van der Waals surface area contributed by atoms with Crippen LogP contribution in [0.3, 0.4) is 0 Å². The van der Waals surface area contributed by atoms with Crippen LogP contribution in [0.25, 0.3) is 11.0 Å². The lowest BCUT2D eigenvalue weighted by atomic mass is 10.2. The van der Waals surface area contributed by atoms with E-state index in [0.717, 1.165) is 0 Å². The molecule has 0 amide bonds. The van der Waals surface area contributed by atoms with E-state index in [0.29, 0.717) is 17.9 Å². The van der Waals surface area contributed by atoms with Crippen LogP contribution in [-0.4, -0.2) is 9.55 Å². The van der Waals surface area contributed by atoms with Gasteiger partial charge in [-0.05, 0) is 34.0 Å². The minimum absolute atomic E-state index is 0.179. The summed E-state index contributed by atoms with van der Waals surface area (Å²) in [5.41, 5.74) is 0.434. The summed E-state index contributed by atoms with van der Waals surface area (Å²) in [6, 6.07) is 1.30. The molecular weight excluding hydrogens is 369 g/mol. The fraction of sp³-hybridized carbons (Fsp3) is 0.250. The van der Waals surface area contributed by atoms with Crippen molar-refractivity contribution in [2.45, 2.75) is 20.4 Å². The number of imidazole rings is 1. The molecule has 0 aliphatic heterocycles. The summed E-state index contributed by atoms with van der Waals surface area (Å²) in [5, 5.41) is 2.59. The zero-order chi connectivity index (χ0) is 13.3. The predicted molar refractivity (Wildman–Crippen MR) is 78.5 cm³/mol. The largest absolute Gasteiger partial charge is 0.328 e. The quantitative estimate of drug-likeness (QED) is 0.551. The molecule has 2 nitrogen and oxygen atoms in total. The minimum Gasteiger partial charge on any atom is -0.328 e. The van der Waals surface area contributed by atoms with Gasteiger partial charge in [0, 0.05) is 33.8 Å². The van der Waals surface area contributed by atoms with Gasteiger partial charge in [0.1, 0.15) is 17.2 Å². The van der Waals surface area contributed by atoms with Crippen molar-refractivity contribution in [2.24, 2.45) is 0 Å². The van der Waals surface area contributed by atoms with Crippen LogP contribution in [0, 0.1) is 29.7 Å². The van der Waals surface area contributed by atoms with Gasteiger partial charge < -0.3 is 4.57 Å². The van der Waals surface area contributed by atoms with Gasteiger partial charge in [0.25, 0.3) is 0 Å². The maximum Gasteiger partial charge on any atom is 0.169 e. The third-order valence-electron chi connectivity index (χ3n) is 2.66. The monoisotopic (exact) mass is 378 g/mol. The molecule has 18 heavy (non-hydrogen) atoms. The number of rotatable bonds is 1. The van der Waals surface area contributed by atoms with Crippen LogP contribution in [-0.2, 0) is 6.54 Å². The van der Waals surface area contributed by atoms with Gasteiger partial charge in [-0.1, -0.05) is 0 Å². The van der Waals surface area contributed by atoms with Gasteiger partial charge in [0.15, 0.2) is 5.82 Å². The number of hydrogen-bond donors (Lipinski definition) is 0. The van der Waals surface area contributed by atoms with Crippen LogP contribution in [0.5, 0.6) is 0 Å². The Bertz CT molecular complexity index is 670. The highest BCUT2D eigenvalue weighted by atomic mass is 127. The summed E-state index contributed by atoms with van der Waals surface area (Å²) in [7, 11) is 1.18.